The highest BCUT2D eigenvalue weighted by molar-refractivity contribution is 7.99. The maximum absolute atomic E-state index is 12.5. The quantitative estimate of drug-likeness (QED) is 0.601. The predicted molar refractivity (Wildman–Crippen MR) is 117 cm³/mol. The smallest absolute Gasteiger partial charge is 0.234 e. The Bertz CT molecular complexity index is 1080. The third kappa shape index (κ3) is 4.14. The number of ether oxygens (including phenoxy) is 2. The molecule has 2 aromatic carbocycles. The third-order valence-corrected chi connectivity index (χ3v) is 6.01. The van der Waals surface area contributed by atoms with Gasteiger partial charge in [0.15, 0.2) is 22.5 Å². The summed E-state index contributed by atoms with van der Waals surface area (Å²) in [5, 5.41) is 12.4. The number of nitrogens with zero attached hydrogens (tertiary/aromatic N) is 3. The minimum absolute atomic E-state index is 0.0692. The summed E-state index contributed by atoms with van der Waals surface area (Å²) in [5.41, 5.74) is 3.97. The summed E-state index contributed by atoms with van der Waals surface area (Å²) >= 11 is 1.37. The molecule has 0 saturated heterocycles. The predicted octanol–water partition coefficient (Wildman–Crippen LogP) is 4.08. The van der Waals surface area contributed by atoms with Gasteiger partial charge in [0.25, 0.3) is 0 Å². The molecule has 1 amide bonds. The number of aromatic nitrogens is 3. The first-order valence-electron chi connectivity index (χ1n) is 9.89. The molecule has 1 N–H and O–H groups in total. The van der Waals surface area contributed by atoms with Crippen molar-refractivity contribution in [2.75, 3.05) is 24.3 Å². The summed E-state index contributed by atoms with van der Waals surface area (Å²) < 4.78 is 13.3. The number of hydrogen-bond acceptors (Lipinski definition) is 6. The fraction of sp³-hybridized carbons (Fsp3) is 0.318. The van der Waals surface area contributed by atoms with E-state index in [9.17, 15) is 4.79 Å². The summed E-state index contributed by atoms with van der Waals surface area (Å²) in [6.45, 7) is 7.85. The minimum atomic E-state index is -0.0692. The van der Waals surface area contributed by atoms with Crippen LogP contribution < -0.4 is 14.8 Å². The molecular weight excluding hydrogens is 400 g/mol. The molecule has 8 heteroatoms. The molecule has 0 bridgehead atoms. The van der Waals surface area contributed by atoms with Crippen LogP contribution in [-0.2, 0) is 11.3 Å². The van der Waals surface area contributed by atoms with Crippen molar-refractivity contribution in [1.29, 1.82) is 0 Å². The number of carbonyl (C=O) groups is 1. The lowest BCUT2D eigenvalue weighted by Crippen LogP contribution is -2.16. The highest BCUT2D eigenvalue weighted by Crippen LogP contribution is 2.34. The topological polar surface area (TPSA) is 78.3 Å². The fourth-order valence-electron chi connectivity index (χ4n) is 3.28. The van der Waals surface area contributed by atoms with Gasteiger partial charge in [0, 0.05) is 17.8 Å². The summed E-state index contributed by atoms with van der Waals surface area (Å²) in [7, 11) is 0. The second kappa shape index (κ2) is 8.79. The molecule has 0 fully saturated rings. The molecule has 2 heterocycles. The Hall–Kier alpha value is -3.00. The maximum atomic E-state index is 12.5. The van der Waals surface area contributed by atoms with Gasteiger partial charge in [-0.15, -0.1) is 10.2 Å². The second-order valence-corrected chi connectivity index (χ2v) is 7.94. The van der Waals surface area contributed by atoms with E-state index in [4.69, 9.17) is 9.47 Å². The molecule has 0 radical (unpaired) electrons. The number of amides is 1. The van der Waals surface area contributed by atoms with Gasteiger partial charge in [-0.2, -0.15) is 0 Å². The summed E-state index contributed by atoms with van der Waals surface area (Å²) in [5.74, 6) is 2.39. The van der Waals surface area contributed by atoms with Crippen LogP contribution in [0.15, 0.2) is 41.6 Å². The molecular formula is C22H24N4O3S. The van der Waals surface area contributed by atoms with Gasteiger partial charge in [-0.05, 0) is 56.2 Å². The Balaban J connectivity index is 1.47. The molecule has 156 valence electrons. The van der Waals surface area contributed by atoms with Crippen LogP contribution in [0.25, 0.3) is 11.4 Å². The molecule has 0 atom stereocenters. The van der Waals surface area contributed by atoms with Crippen LogP contribution in [0.2, 0.25) is 0 Å². The zero-order valence-corrected chi connectivity index (χ0v) is 18.1. The number of nitrogens with one attached hydrogen (secondary N) is 1. The van der Waals surface area contributed by atoms with E-state index >= 15 is 0 Å². The van der Waals surface area contributed by atoms with Crippen molar-refractivity contribution in [1.82, 2.24) is 14.8 Å². The minimum Gasteiger partial charge on any atom is -0.486 e. The summed E-state index contributed by atoms with van der Waals surface area (Å²) in [6, 6.07) is 11.7. The summed E-state index contributed by atoms with van der Waals surface area (Å²) in [4.78, 5) is 12.5. The van der Waals surface area contributed by atoms with Crippen LogP contribution in [0.5, 0.6) is 11.5 Å². The molecule has 1 aliphatic rings. The zero-order valence-electron chi connectivity index (χ0n) is 17.3. The highest BCUT2D eigenvalue weighted by Gasteiger charge is 2.18. The first-order chi connectivity index (χ1) is 14.6. The first-order valence-corrected chi connectivity index (χ1v) is 10.9. The van der Waals surface area contributed by atoms with Crippen molar-refractivity contribution in [2.24, 2.45) is 0 Å². The van der Waals surface area contributed by atoms with E-state index in [-0.39, 0.29) is 11.7 Å². The molecule has 1 aliphatic heterocycles. The SMILES string of the molecule is CCn1c(SCC(=O)Nc2cccc(C)c2C)nnc1-c1ccc2c(c1)OCCO2. The van der Waals surface area contributed by atoms with Gasteiger partial charge < -0.3 is 19.4 Å². The van der Waals surface area contributed by atoms with E-state index in [1.165, 1.54) is 11.8 Å². The van der Waals surface area contributed by atoms with E-state index in [2.05, 4.69) is 15.5 Å². The molecule has 7 nitrogen and oxygen atoms in total. The maximum Gasteiger partial charge on any atom is 0.234 e. The number of aryl methyl sites for hydroxylation is 1. The van der Waals surface area contributed by atoms with Gasteiger partial charge in [-0.1, -0.05) is 23.9 Å². The van der Waals surface area contributed by atoms with E-state index in [1.807, 2.05) is 61.7 Å². The molecule has 1 aromatic heterocycles. The van der Waals surface area contributed by atoms with Crippen molar-refractivity contribution < 1.29 is 14.3 Å². The number of benzene rings is 2. The van der Waals surface area contributed by atoms with E-state index in [0.717, 1.165) is 34.0 Å². The van der Waals surface area contributed by atoms with Gasteiger partial charge in [0.1, 0.15) is 13.2 Å². The van der Waals surface area contributed by atoms with Crippen LogP contribution in [0.4, 0.5) is 5.69 Å². The average molecular weight is 425 g/mol. The third-order valence-electron chi connectivity index (χ3n) is 5.04. The normalized spacial score (nSPS) is 12.6. The zero-order chi connectivity index (χ0) is 21.1. The largest absolute Gasteiger partial charge is 0.486 e. The van der Waals surface area contributed by atoms with Gasteiger partial charge in [0.2, 0.25) is 5.91 Å². The van der Waals surface area contributed by atoms with Gasteiger partial charge in [-0.25, -0.2) is 0 Å². The lowest BCUT2D eigenvalue weighted by Gasteiger charge is -2.18. The van der Waals surface area contributed by atoms with Gasteiger partial charge in [0.05, 0.1) is 5.75 Å². The monoisotopic (exact) mass is 424 g/mol. The van der Waals surface area contributed by atoms with Crippen molar-refractivity contribution >= 4 is 23.4 Å². The lowest BCUT2D eigenvalue weighted by atomic mass is 10.1. The number of fused-ring (bicyclic) bond motifs is 1. The molecule has 0 saturated carbocycles. The first kappa shape index (κ1) is 20.3. The van der Waals surface area contributed by atoms with Crippen molar-refractivity contribution in [3.05, 3.63) is 47.5 Å². The fourth-order valence-corrected chi connectivity index (χ4v) is 4.08. The highest BCUT2D eigenvalue weighted by atomic mass is 32.2. The number of thioether (sulfide) groups is 1. The Morgan fingerprint density at radius 3 is 2.73 bits per heavy atom. The van der Waals surface area contributed by atoms with Crippen molar-refractivity contribution in [2.45, 2.75) is 32.5 Å². The van der Waals surface area contributed by atoms with Crippen molar-refractivity contribution in [3.63, 3.8) is 0 Å². The lowest BCUT2D eigenvalue weighted by molar-refractivity contribution is -0.113. The number of rotatable bonds is 6. The van der Waals surface area contributed by atoms with Crippen LogP contribution in [0.3, 0.4) is 0 Å². The molecule has 4 rings (SSSR count). The van der Waals surface area contributed by atoms with E-state index in [1.54, 1.807) is 0 Å². The Morgan fingerprint density at radius 2 is 1.93 bits per heavy atom. The molecule has 0 spiro atoms. The Kier molecular flexibility index (Phi) is 5.94. The van der Waals surface area contributed by atoms with Gasteiger partial charge >= 0.3 is 0 Å². The number of anilines is 1. The van der Waals surface area contributed by atoms with Crippen LogP contribution in [0, 0.1) is 13.8 Å². The summed E-state index contributed by atoms with van der Waals surface area (Å²) in [6.07, 6.45) is 0. The van der Waals surface area contributed by atoms with Crippen LogP contribution in [0.1, 0.15) is 18.1 Å². The molecule has 3 aromatic rings. The Labute approximate surface area is 179 Å². The van der Waals surface area contributed by atoms with Crippen molar-refractivity contribution in [3.8, 4) is 22.9 Å². The van der Waals surface area contributed by atoms with E-state index < -0.39 is 0 Å². The van der Waals surface area contributed by atoms with Crippen LogP contribution in [-0.4, -0.2) is 39.6 Å². The second-order valence-electron chi connectivity index (χ2n) is 6.99. The number of carbonyl (C=O) groups excluding carboxylic acids is 1. The average Bonchev–Trinajstić information content (AvgIpc) is 3.18. The van der Waals surface area contributed by atoms with E-state index in [0.29, 0.717) is 30.7 Å². The molecule has 30 heavy (non-hydrogen) atoms. The van der Waals surface area contributed by atoms with Crippen LogP contribution >= 0.6 is 11.8 Å². The van der Waals surface area contributed by atoms with Gasteiger partial charge in [-0.3, -0.25) is 4.79 Å². The standard InChI is InChI=1S/C22H24N4O3S/c1-4-26-21(16-8-9-18-19(12-16)29-11-10-28-18)24-25-22(26)30-13-20(27)23-17-7-5-6-14(2)15(17)3/h5-9,12H,4,10-11,13H2,1-3H3,(H,23,27). The molecule has 0 aliphatic carbocycles. The number of hydrogen-bond donors (Lipinski definition) is 1. The Morgan fingerprint density at radius 1 is 1.13 bits per heavy atom. The molecule has 0 unspecified atom stereocenters.